The van der Waals surface area contributed by atoms with Crippen molar-refractivity contribution in [3.05, 3.63) is 64.7 Å². The van der Waals surface area contributed by atoms with Gasteiger partial charge in [-0.05, 0) is 37.5 Å². The molecule has 0 amide bonds. The number of rotatable bonds is 4. The topological polar surface area (TPSA) is 54.5 Å². The number of piperidine rings is 1. The van der Waals surface area contributed by atoms with Gasteiger partial charge in [0.05, 0.1) is 4.90 Å². The molecule has 1 heterocycles. The van der Waals surface area contributed by atoms with Crippen molar-refractivity contribution in [2.45, 2.75) is 24.7 Å². The van der Waals surface area contributed by atoms with E-state index in [2.05, 4.69) is 0 Å². The molecular formula is C19H20ClNO3S. The second-order valence-electron chi connectivity index (χ2n) is 6.32. The third kappa shape index (κ3) is 3.78. The number of carbonyl (C=O) groups excluding carboxylic acids is 1. The Bertz CT molecular complexity index is 873. The van der Waals surface area contributed by atoms with Gasteiger partial charge in [0.15, 0.2) is 5.78 Å². The summed E-state index contributed by atoms with van der Waals surface area (Å²) in [5.74, 6) is -0.0362. The highest BCUT2D eigenvalue weighted by atomic mass is 35.5. The summed E-state index contributed by atoms with van der Waals surface area (Å²) < 4.78 is 27.2. The number of halogens is 1. The van der Waals surface area contributed by atoms with Gasteiger partial charge >= 0.3 is 0 Å². The van der Waals surface area contributed by atoms with Gasteiger partial charge in [-0.1, -0.05) is 48.0 Å². The van der Waals surface area contributed by atoms with Gasteiger partial charge < -0.3 is 0 Å². The minimum absolute atomic E-state index is 0.0941. The first kappa shape index (κ1) is 18.1. The predicted molar refractivity (Wildman–Crippen MR) is 98.4 cm³/mol. The van der Waals surface area contributed by atoms with E-state index in [-0.39, 0.29) is 16.6 Å². The summed E-state index contributed by atoms with van der Waals surface area (Å²) in [6.45, 7) is 2.45. The molecule has 2 aromatic carbocycles. The van der Waals surface area contributed by atoms with Gasteiger partial charge in [-0.3, -0.25) is 4.79 Å². The summed E-state index contributed by atoms with van der Waals surface area (Å²) >= 11 is 5.97. The Morgan fingerprint density at radius 3 is 2.36 bits per heavy atom. The van der Waals surface area contributed by atoms with Crippen LogP contribution in [0.3, 0.4) is 0 Å². The lowest BCUT2D eigenvalue weighted by molar-refractivity contribution is 0.0875. The fourth-order valence-corrected chi connectivity index (χ4v) is 5.14. The second-order valence-corrected chi connectivity index (χ2v) is 8.66. The van der Waals surface area contributed by atoms with Crippen molar-refractivity contribution < 1.29 is 13.2 Å². The Hall–Kier alpha value is -1.69. The van der Waals surface area contributed by atoms with Crippen molar-refractivity contribution in [1.29, 1.82) is 0 Å². The molecule has 0 spiro atoms. The van der Waals surface area contributed by atoms with E-state index in [1.165, 1.54) is 10.4 Å². The van der Waals surface area contributed by atoms with E-state index in [0.717, 1.165) is 0 Å². The van der Waals surface area contributed by atoms with Gasteiger partial charge in [0.2, 0.25) is 10.0 Å². The van der Waals surface area contributed by atoms with Crippen LogP contribution in [0, 0.1) is 12.8 Å². The molecule has 0 bridgehead atoms. The van der Waals surface area contributed by atoms with Crippen LogP contribution in [0.1, 0.15) is 28.8 Å². The molecule has 0 aliphatic carbocycles. The average Bonchev–Trinajstić information content (AvgIpc) is 2.64. The van der Waals surface area contributed by atoms with E-state index < -0.39 is 10.0 Å². The van der Waals surface area contributed by atoms with E-state index in [1.54, 1.807) is 31.2 Å². The van der Waals surface area contributed by atoms with Crippen LogP contribution in [0.2, 0.25) is 5.02 Å². The molecule has 2 aromatic rings. The van der Waals surface area contributed by atoms with Crippen LogP contribution in [-0.2, 0) is 10.0 Å². The van der Waals surface area contributed by atoms with Crippen LogP contribution in [0.15, 0.2) is 53.4 Å². The highest BCUT2D eigenvalue weighted by Crippen LogP contribution is 2.28. The average molecular weight is 378 g/mol. The fourth-order valence-electron chi connectivity index (χ4n) is 3.19. The lowest BCUT2D eigenvalue weighted by atomic mass is 9.90. The summed E-state index contributed by atoms with van der Waals surface area (Å²) in [5, 5.41) is 0.401. The molecule has 0 aromatic heterocycles. The van der Waals surface area contributed by atoms with Gasteiger partial charge in [0.25, 0.3) is 0 Å². The number of benzene rings is 2. The van der Waals surface area contributed by atoms with Gasteiger partial charge in [-0.2, -0.15) is 4.31 Å². The molecule has 0 unspecified atom stereocenters. The number of aryl methyl sites for hydroxylation is 1. The van der Waals surface area contributed by atoms with Crippen molar-refractivity contribution in [2.75, 3.05) is 13.1 Å². The van der Waals surface area contributed by atoms with Crippen LogP contribution < -0.4 is 0 Å². The molecule has 132 valence electrons. The molecule has 25 heavy (non-hydrogen) atoms. The number of sulfonamides is 1. The molecule has 1 aliphatic heterocycles. The summed E-state index contributed by atoms with van der Waals surface area (Å²) in [5.41, 5.74) is 1.36. The number of ketones is 1. The van der Waals surface area contributed by atoms with Gasteiger partial charge in [0, 0.05) is 29.6 Å². The molecular weight excluding hydrogens is 358 g/mol. The minimum atomic E-state index is -3.59. The first-order valence-electron chi connectivity index (χ1n) is 8.25. The Morgan fingerprint density at radius 2 is 1.72 bits per heavy atom. The molecule has 1 saturated heterocycles. The minimum Gasteiger partial charge on any atom is -0.294 e. The third-order valence-corrected chi connectivity index (χ3v) is 6.93. The van der Waals surface area contributed by atoms with Crippen LogP contribution in [0.4, 0.5) is 0 Å². The smallest absolute Gasteiger partial charge is 0.243 e. The lowest BCUT2D eigenvalue weighted by Gasteiger charge is -2.31. The SMILES string of the molecule is Cc1ccc(Cl)cc1S(=O)(=O)N1CCC(C(=O)c2ccccc2)CC1. The van der Waals surface area contributed by atoms with Crippen molar-refractivity contribution in [3.8, 4) is 0 Å². The Balaban J connectivity index is 1.73. The first-order valence-corrected chi connectivity index (χ1v) is 10.1. The summed E-state index contributed by atoms with van der Waals surface area (Å²) in [4.78, 5) is 12.8. The second kappa shape index (κ2) is 7.28. The third-order valence-electron chi connectivity index (χ3n) is 4.65. The van der Waals surface area contributed by atoms with Crippen LogP contribution in [0.25, 0.3) is 0 Å². The maximum absolute atomic E-state index is 12.9. The summed E-state index contributed by atoms with van der Waals surface area (Å²) in [7, 11) is -3.59. The maximum Gasteiger partial charge on any atom is 0.243 e. The molecule has 1 fully saturated rings. The number of Topliss-reactive ketones (excluding diaryl/α,β-unsaturated/α-hetero) is 1. The van der Waals surface area contributed by atoms with E-state index in [0.29, 0.717) is 42.1 Å². The van der Waals surface area contributed by atoms with Crippen molar-refractivity contribution in [2.24, 2.45) is 5.92 Å². The standard InChI is InChI=1S/C19H20ClNO3S/c1-14-7-8-17(20)13-18(14)25(23,24)21-11-9-16(10-12-21)19(22)15-5-3-2-4-6-15/h2-8,13,16H,9-12H2,1H3. The predicted octanol–water partition coefficient (Wildman–Crippen LogP) is 3.93. The number of hydrogen-bond acceptors (Lipinski definition) is 3. The Morgan fingerprint density at radius 1 is 1.08 bits per heavy atom. The number of nitrogens with zero attached hydrogens (tertiary/aromatic N) is 1. The van der Waals surface area contributed by atoms with Crippen LogP contribution in [0.5, 0.6) is 0 Å². The molecule has 1 aliphatic rings. The van der Waals surface area contributed by atoms with Gasteiger partial charge in [-0.25, -0.2) is 8.42 Å². The van der Waals surface area contributed by atoms with Crippen LogP contribution >= 0.6 is 11.6 Å². The van der Waals surface area contributed by atoms with E-state index in [1.807, 2.05) is 18.2 Å². The monoisotopic (exact) mass is 377 g/mol. The number of hydrogen-bond donors (Lipinski definition) is 0. The molecule has 4 nitrogen and oxygen atoms in total. The molecule has 0 radical (unpaired) electrons. The van der Waals surface area contributed by atoms with E-state index >= 15 is 0 Å². The summed E-state index contributed by atoms with van der Waals surface area (Å²) in [6.07, 6.45) is 1.07. The van der Waals surface area contributed by atoms with Gasteiger partial charge in [0.1, 0.15) is 0 Å². The molecule has 3 rings (SSSR count). The first-order chi connectivity index (χ1) is 11.9. The van der Waals surface area contributed by atoms with Crippen LogP contribution in [-0.4, -0.2) is 31.6 Å². The highest BCUT2D eigenvalue weighted by molar-refractivity contribution is 7.89. The molecule has 0 atom stereocenters. The molecule has 0 saturated carbocycles. The zero-order valence-corrected chi connectivity index (χ0v) is 15.6. The molecule has 6 heteroatoms. The van der Waals surface area contributed by atoms with Crippen molar-refractivity contribution in [1.82, 2.24) is 4.31 Å². The zero-order chi connectivity index (χ0) is 18.0. The summed E-state index contributed by atoms with van der Waals surface area (Å²) in [6, 6.07) is 14.1. The van der Waals surface area contributed by atoms with Gasteiger partial charge in [-0.15, -0.1) is 0 Å². The largest absolute Gasteiger partial charge is 0.294 e. The number of carbonyl (C=O) groups is 1. The highest BCUT2D eigenvalue weighted by Gasteiger charge is 2.33. The lowest BCUT2D eigenvalue weighted by Crippen LogP contribution is -2.40. The van der Waals surface area contributed by atoms with E-state index in [9.17, 15) is 13.2 Å². The molecule has 0 N–H and O–H groups in total. The van der Waals surface area contributed by atoms with Crippen molar-refractivity contribution in [3.63, 3.8) is 0 Å². The fraction of sp³-hybridized carbons (Fsp3) is 0.316. The maximum atomic E-state index is 12.9. The Kier molecular flexibility index (Phi) is 5.27. The Labute approximate surface area is 153 Å². The normalized spacial score (nSPS) is 16.7. The van der Waals surface area contributed by atoms with Crippen molar-refractivity contribution >= 4 is 27.4 Å². The quantitative estimate of drug-likeness (QED) is 0.758. The zero-order valence-electron chi connectivity index (χ0n) is 14.0. The van der Waals surface area contributed by atoms with E-state index in [4.69, 9.17) is 11.6 Å².